The van der Waals surface area contributed by atoms with Gasteiger partial charge in [0.25, 0.3) is 5.91 Å². The summed E-state index contributed by atoms with van der Waals surface area (Å²) in [5, 5.41) is 9.55. The highest BCUT2D eigenvalue weighted by Crippen LogP contribution is 2.25. The summed E-state index contributed by atoms with van der Waals surface area (Å²) in [7, 11) is 0. The molecule has 0 aliphatic carbocycles. The van der Waals surface area contributed by atoms with Crippen molar-refractivity contribution in [3.8, 4) is 5.75 Å². The zero-order valence-electron chi connectivity index (χ0n) is 15.7. The van der Waals surface area contributed by atoms with Crippen LogP contribution in [0.2, 0.25) is 5.02 Å². The van der Waals surface area contributed by atoms with Crippen LogP contribution in [-0.2, 0) is 13.2 Å². The molecule has 5 nitrogen and oxygen atoms in total. The van der Waals surface area contributed by atoms with Crippen molar-refractivity contribution in [3.05, 3.63) is 99.1 Å². The summed E-state index contributed by atoms with van der Waals surface area (Å²) >= 11 is 7.42. The standard InChI is InChI=1S/C22H17ClFN3O2S/c23-18-3-1-2-4-19(18)29-13-16-11-20(30-14-16)22(28)25-21-9-10-27(26-21)12-15-5-7-17(24)8-6-15/h1-11,14H,12-13H2,(H,25,26,28). The number of nitrogens with zero attached hydrogens (tertiary/aromatic N) is 2. The molecule has 0 saturated carbocycles. The fourth-order valence-corrected chi connectivity index (χ4v) is 3.75. The van der Waals surface area contributed by atoms with E-state index in [0.29, 0.717) is 34.6 Å². The summed E-state index contributed by atoms with van der Waals surface area (Å²) in [6, 6.07) is 17.0. The van der Waals surface area contributed by atoms with Gasteiger partial charge in [0.1, 0.15) is 18.2 Å². The SMILES string of the molecule is O=C(Nc1ccn(Cc2ccc(F)cc2)n1)c1cc(COc2ccccc2Cl)cs1. The van der Waals surface area contributed by atoms with Gasteiger partial charge in [0.15, 0.2) is 5.82 Å². The van der Waals surface area contributed by atoms with Crippen LogP contribution < -0.4 is 10.1 Å². The summed E-state index contributed by atoms with van der Waals surface area (Å²) in [5.41, 5.74) is 1.80. The number of para-hydroxylation sites is 1. The topological polar surface area (TPSA) is 56.2 Å². The lowest BCUT2D eigenvalue weighted by molar-refractivity contribution is 0.103. The summed E-state index contributed by atoms with van der Waals surface area (Å²) in [6.07, 6.45) is 1.76. The first-order chi connectivity index (χ1) is 14.6. The van der Waals surface area contributed by atoms with E-state index in [1.54, 1.807) is 47.3 Å². The van der Waals surface area contributed by atoms with Crippen molar-refractivity contribution in [1.82, 2.24) is 9.78 Å². The molecular formula is C22H17ClFN3O2S. The van der Waals surface area contributed by atoms with Crippen molar-refractivity contribution >= 4 is 34.7 Å². The zero-order valence-corrected chi connectivity index (χ0v) is 17.3. The number of ether oxygens (including phenoxy) is 1. The van der Waals surface area contributed by atoms with E-state index in [0.717, 1.165) is 11.1 Å². The maximum Gasteiger partial charge on any atom is 0.266 e. The van der Waals surface area contributed by atoms with Crippen LogP contribution >= 0.6 is 22.9 Å². The Morgan fingerprint density at radius 1 is 1.13 bits per heavy atom. The van der Waals surface area contributed by atoms with Gasteiger partial charge >= 0.3 is 0 Å². The van der Waals surface area contributed by atoms with Crippen LogP contribution in [0.5, 0.6) is 5.75 Å². The molecule has 30 heavy (non-hydrogen) atoms. The lowest BCUT2D eigenvalue weighted by Gasteiger charge is -2.06. The highest BCUT2D eigenvalue weighted by atomic mass is 35.5. The number of amides is 1. The molecule has 0 aliphatic rings. The number of carbonyl (C=O) groups excluding carboxylic acids is 1. The van der Waals surface area contributed by atoms with Crippen molar-refractivity contribution in [2.24, 2.45) is 0 Å². The molecule has 8 heteroatoms. The van der Waals surface area contributed by atoms with Crippen LogP contribution in [0.25, 0.3) is 0 Å². The fraction of sp³-hybridized carbons (Fsp3) is 0.0909. The van der Waals surface area contributed by atoms with Gasteiger partial charge in [-0.15, -0.1) is 11.3 Å². The lowest BCUT2D eigenvalue weighted by Crippen LogP contribution is -2.11. The quantitative estimate of drug-likeness (QED) is 0.405. The molecule has 0 radical (unpaired) electrons. The van der Waals surface area contributed by atoms with E-state index in [2.05, 4.69) is 10.4 Å². The summed E-state index contributed by atoms with van der Waals surface area (Å²) in [5.74, 6) is 0.531. The minimum Gasteiger partial charge on any atom is -0.487 e. The Morgan fingerprint density at radius 2 is 1.93 bits per heavy atom. The second kappa shape index (κ2) is 9.11. The average molecular weight is 442 g/mol. The van der Waals surface area contributed by atoms with Crippen LogP contribution in [0.4, 0.5) is 10.2 Å². The minimum absolute atomic E-state index is 0.240. The van der Waals surface area contributed by atoms with E-state index >= 15 is 0 Å². The van der Waals surface area contributed by atoms with E-state index in [9.17, 15) is 9.18 Å². The van der Waals surface area contributed by atoms with Gasteiger partial charge in [-0.25, -0.2) is 4.39 Å². The summed E-state index contributed by atoms with van der Waals surface area (Å²) in [4.78, 5) is 13.1. The van der Waals surface area contributed by atoms with E-state index in [1.807, 2.05) is 17.5 Å². The van der Waals surface area contributed by atoms with E-state index in [-0.39, 0.29) is 11.7 Å². The Morgan fingerprint density at radius 3 is 2.73 bits per heavy atom. The molecular weight excluding hydrogens is 425 g/mol. The first-order valence-electron chi connectivity index (χ1n) is 9.11. The van der Waals surface area contributed by atoms with Gasteiger partial charge in [-0.3, -0.25) is 9.48 Å². The maximum absolute atomic E-state index is 13.0. The van der Waals surface area contributed by atoms with Gasteiger partial charge in [0.05, 0.1) is 16.4 Å². The van der Waals surface area contributed by atoms with E-state index in [1.165, 1.54) is 23.5 Å². The van der Waals surface area contributed by atoms with Crippen LogP contribution in [-0.4, -0.2) is 15.7 Å². The number of nitrogens with one attached hydrogen (secondary N) is 1. The van der Waals surface area contributed by atoms with Crippen molar-refractivity contribution in [1.29, 1.82) is 0 Å². The van der Waals surface area contributed by atoms with Crippen molar-refractivity contribution in [2.45, 2.75) is 13.2 Å². The first-order valence-corrected chi connectivity index (χ1v) is 10.4. The van der Waals surface area contributed by atoms with Gasteiger partial charge in [0, 0.05) is 17.8 Å². The van der Waals surface area contributed by atoms with Gasteiger partial charge in [-0.05, 0) is 41.3 Å². The predicted molar refractivity (Wildman–Crippen MR) is 116 cm³/mol. The van der Waals surface area contributed by atoms with Crippen LogP contribution in [0.3, 0.4) is 0 Å². The molecule has 0 unspecified atom stereocenters. The maximum atomic E-state index is 13.0. The smallest absolute Gasteiger partial charge is 0.266 e. The van der Waals surface area contributed by atoms with Crippen LogP contribution in [0.15, 0.2) is 72.2 Å². The summed E-state index contributed by atoms with van der Waals surface area (Å²) in [6.45, 7) is 0.804. The number of hydrogen-bond donors (Lipinski definition) is 1. The number of aromatic nitrogens is 2. The molecule has 0 spiro atoms. The van der Waals surface area contributed by atoms with Crippen molar-refractivity contribution in [3.63, 3.8) is 0 Å². The third kappa shape index (κ3) is 5.06. The number of halogens is 2. The molecule has 0 atom stereocenters. The lowest BCUT2D eigenvalue weighted by atomic mass is 10.2. The van der Waals surface area contributed by atoms with Gasteiger partial charge in [-0.2, -0.15) is 5.10 Å². The second-order valence-corrected chi connectivity index (χ2v) is 7.84. The molecule has 2 heterocycles. The molecule has 152 valence electrons. The number of benzene rings is 2. The number of thiophene rings is 1. The molecule has 0 aliphatic heterocycles. The molecule has 4 rings (SSSR count). The molecule has 0 bridgehead atoms. The Balaban J connectivity index is 1.34. The Kier molecular flexibility index (Phi) is 6.11. The Hall–Kier alpha value is -3.16. The zero-order chi connectivity index (χ0) is 20.9. The molecule has 1 amide bonds. The second-order valence-electron chi connectivity index (χ2n) is 6.52. The highest BCUT2D eigenvalue weighted by molar-refractivity contribution is 7.12. The highest BCUT2D eigenvalue weighted by Gasteiger charge is 2.12. The van der Waals surface area contributed by atoms with Crippen molar-refractivity contribution in [2.75, 3.05) is 5.32 Å². The molecule has 2 aromatic carbocycles. The van der Waals surface area contributed by atoms with Gasteiger partial charge in [0.2, 0.25) is 0 Å². The number of anilines is 1. The van der Waals surface area contributed by atoms with E-state index in [4.69, 9.17) is 16.3 Å². The Labute approximate surface area is 181 Å². The number of carbonyl (C=O) groups is 1. The fourth-order valence-electron chi connectivity index (χ4n) is 2.76. The minimum atomic E-state index is -0.278. The van der Waals surface area contributed by atoms with E-state index < -0.39 is 0 Å². The summed E-state index contributed by atoms with van der Waals surface area (Å²) < 4.78 is 20.4. The monoisotopic (exact) mass is 441 g/mol. The third-order valence-corrected chi connectivity index (χ3v) is 5.54. The molecule has 4 aromatic rings. The average Bonchev–Trinajstić information content (AvgIpc) is 3.39. The third-order valence-electron chi connectivity index (χ3n) is 4.25. The van der Waals surface area contributed by atoms with Gasteiger partial charge in [-0.1, -0.05) is 35.9 Å². The number of hydrogen-bond acceptors (Lipinski definition) is 4. The molecule has 0 saturated heterocycles. The van der Waals surface area contributed by atoms with Crippen LogP contribution in [0.1, 0.15) is 20.8 Å². The largest absolute Gasteiger partial charge is 0.487 e. The van der Waals surface area contributed by atoms with Crippen molar-refractivity contribution < 1.29 is 13.9 Å². The normalized spacial score (nSPS) is 10.7. The first kappa shape index (κ1) is 20.1. The van der Waals surface area contributed by atoms with Gasteiger partial charge < -0.3 is 10.1 Å². The Bertz CT molecular complexity index is 1160. The van der Waals surface area contributed by atoms with Crippen LogP contribution in [0, 0.1) is 5.82 Å². The molecule has 2 aromatic heterocycles. The molecule has 1 N–H and O–H groups in total. The number of rotatable bonds is 7. The predicted octanol–water partition coefficient (Wildman–Crippen LogP) is 5.62. The molecule has 0 fully saturated rings.